The van der Waals surface area contributed by atoms with Crippen LogP contribution in [0.4, 0.5) is 0 Å². The molecule has 0 bridgehead atoms. The molecule has 1 aromatic rings. The third kappa shape index (κ3) is 2.35. The number of hydrogen-bond acceptors (Lipinski definition) is 2. The Morgan fingerprint density at radius 3 is 2.64 bits per heavy atom. The lowest BCUT2D eigenvalue weighted by Gasteiger charge is -2.02. The van der Waals surface area contributed by atoms with Crippen LogP contribution in [0.3, 0.4) is 0 Å². The van der Waals surface area contributed by atoms with E-state index in [1.807, 2.05) is 6.92 Å². The van der Waals surface area contributed by atoms with Gasteiger partial charge in [-0.1, -0.05) is 6.92 Å². The van der Waals surface area contributed by atoms with Crippen molar-refractivity contribution in [3.05, 3.63) is 17.0 Å². The average molecular weight is 196 g/mol. The maximum absolute atomic E-state index is 8.79. The van der Waals surface area contributed by atoms with Crippen molar-refractivity contribution in [1.29, 1.82) is 0 Å². The molecule has 14 heavy (non-hydrogen) atoms. The zero-order valence-electron chi connectivity index (χ0n) is 9.38. The molecule has 3 nitrogen and oxygen atoms in total. The van der Waals surface area contributed by atoms with Gasteiger partial charge in [0, 0.05) is 18.8 Å². The minimum absolute atomic E-state index is 0.262. The lowest BCUT2D eigenvalue weighted by molar-refractivity contribution is 0.288. The summed E-state index contributed by atoms with van der Waals surface area (Å²) in [4.78, 5) is 0. The molecule has 0 saturated heterocycles. The van der Waals surface area contributed by atoms with Gasteiger partial charge in [-0.3, -0.25) is 4.68 Å². The molecule has 1 N–H and O–H groups in total. The molecule has 0 saturated carbocycles. The first-order valence-corrected chi connectivity index (χ1v) is 5.34. The van der Waals surface area contributed by atoms with Gasteiger partial charge < -0.3 is 5.11 Å². The highest BCUT2D eigenvalue weighted by Gasteiger charge is 2.09. The SMILES string of the molecule is CCCn1nc(C)c(CCCO)c1C. The number of aryl methyl sites for hydroxylation is 2. The molecule has 0 unspecified atom stereocenters. The predicted molar refractivity (Wildman–Crippen MR) is 57.4 cm³/mol. The molecule has 1 aromatic heterocycles. The molecule has 0 aliphatic rings. The van der Waals surface area contributed by atoms with E-state index in [9.17, 15) is 0 Å². The number of hydrogen-bond donors (Lipinski definition) is 1. The van der Waals surface area contributed by atoms with Crippen molar-refractivity contribution in [3.8, 4) is 0 Å². The Balaban J connectivity index is 2.81. The molecule has 3 heteroatoms. The van der Waals surface area contributed by atoms with Gasteiger partial charge >= 0.3 is 0 Å². The zero-order valence-corrected chi connectivity index (χ0v) is 9.38. The van der Waals surface area contributed by atoms with E-state index in [0.29, 0.717) is 0 Å². The molecule has 0 aliphatic carbocycles. The largest absolute Gasteiger partial charge is 0.396 e. The topological polar surface area (TPSA) is 38.0 Å². The Morgan fingerprint density at radius 2 is 2.07 bits per heavy atom. The molecule has 0 amide bonds. The molecule has 1 rings (SSSR count). The number of aliphatic hydroxyl groups is 1. The Morgan fingerprint density at radius 1 is 1.36 bits per heavy atom. The first-order valence-electron chi connectivity index (χ1n) is 5.34. The Kier molecular flexibility index (Phi) is 4.14. The van der Waals surface area contributed by atoms with Crippen molar-refractivity contribution < 1.29 is 5.11 Å². The second kappa shape index (κ2) is 5.15. The fraction of sp³-hybridized carbons (Fsp3) is 0.727. The summed E-state index contributed by atoms with van der Waals surface area (Å²) in [6.45, 7) is 7.57. The number of aromatic nitrogens is 2. The van der Waals surface area contributed by atoms with Crippen LogP contribution in [0.25, 0.3) is 0 Å². The van der Waals surface area contributed by atoms with E-state index in [1.165, 1.54) is 11.3 Å². The van der Waals surface area contributed by atoms with Crippen LogP contribution < -0.4 is 0 Å². The van der Waals surface area contributed by atoms with Crippen LogP contribution in [0, 0.1) is 13.8 Å². The van der Waals surface area contributed by atoms with Crippen LogP contribution in [0.2, 0.25) is 0 Å². The van der Waals surface area contributed by atoms with Crippen LogP contribution in [0.1, 0.15) is 36.7 Å². The molecule has 0 radical (unpaired) electrons. The third-order valence-electron chi connectivity index (χ3n) is 2.55. The van der Waals surface area contributed by atoms with Gasteiger partial charge in [0.25, 0.3) is 0 Å². The molecule has 0 atom stereocenters. The van der Waals surface area contributed by atoms with E-state index in [0.717, 1.165) is 31.5 Å². The molecule has 1 heterocycles. The fourth-order valence-corrected chi connectivity index (χ4v) is 1.78. The van der Waals surface area contributed by atoms with Gasteiger partial charge in [-0.05, 0) is 38.7 Å². The van der Waals surface area contributed by atoms with Crippen molar-refractivity contribution in [2.45, 2.75) is 46.6 Å². The van der Waals surface area contributed by atoms with Crippen LogP contribution >= 0.6 is 0 Å². The van der Waals surface area contributed by atoms with Gasteiger partial charge in [0.15, 0.2) is 0 Å². The summed E-state index contributed by atoms with van der Waals surface area (Å²) in [5.74, 6) is 0. The van der Waals surface area contributed by atoms with Gasteiger partial charge in [-0.2, -0.15) is 5.10 Å². The van der Waals surface area contributed by atoms with Gasteiger partial charge in [0.1, 0.15) is 0 Å². The van der Waals surface area contributed by atoms with E-state index in [4.69, 9.17) is 5.11 Å². The summed E-state index contributed by atoms with van der Waals surface area (Å²) in [6, 6.07) is 0. The summed E-state index contributed by atoms with van der Waals surface area (Å²) in [5.41, 5.74) is 3.69. The van der Waals surface area contributed by atoms with Gasteiger partial charge in [0.05, 0.1) is 5.69 Å². The molecule has 0 aliphatic heterocycles. The van der Waals surface area contributed by atoms with Crippen molar-refractivity contribution in [2.75, 3.05) is 6.61 Å². The summed E-state index contributed by atoms with van der Waals surface area (Å²) in [6.07, 6.45) is 2.89. The number of rotatable bonds is 5. The zero-order chi connectivity index (χ0) is 10.6. The highest BCUT2D eigenvalue weighted by Crippen LogP contribution is 2.15. The molecule has 0 spiro atoms. The van der Waals surface area contributed by atoms with Crippen LogP contribution in [-0.4, -0.2) is 21.5 Å². The summed E-state index contributed by atoms with van der Waals surface area (Å²) < 4.78 is 2.07. The average Bonchev–Trinajstić information content (AvgIpc) is 2.41. The first-order chi connectivity index (χ1) is 6.70. The summed E-state index contributed by atoms with van der Waals surface area (Å²) in [5, 5.41) is 13.3. The number of nitrogens with zero attached hydrogens (tertiary/aromatic N) is 2. The number of aliphatic hydroxyl groups excluding tert-OH is 1. The minimum atomic E-state index is 0.262. The van der Waals surface area contributed by atoms with Gasteiger partial charge in [-0.15, -0.1) is 0 Å². The van der Waals surface area contributed by atoms with Crippen molar-refractivity contribution in [1.82, 2.24) is 9.78 Å². The lowest BCUT2D eigenvalue weighted by Crippen LogP contribution is -2.01. The molecule has 80 valence electrons. The summed E-state index contributed by atoms with van der Waals surface area (Å²) in [7, 11) is 0. The van der Waals surface area contributed by atoms with E-state index in [-0.39, 0.29) is 6.61 Å². The van der Waals surface area contributed by atoms with Crippen LogP contribution in [-0.2, 0) is 13.0 Å². The Labute approximate surface area is 85.8 Å². The monoisotopic (exact) mass is 196 g/mol. The van der Waals surface area contributed by atoms with Crippen molar-refractivity contribution in [2.24, 2.45) is 0 Å². The van der Waals surface area contributed by atoms with E-state index in [1.54, 1.807) is 0 Å². The highest BCUT2D eigenvalue weighted by atomic mass is 16.2. The normalized spacial score (nSPS) is 10.9. The quantitative estimate of drug-likeness (QED) is 0.780. The van der Waals surface area contributed by atoms with Gasteiger partial charge in [-0.25, -0.2) is 0 Å². The van der Waals surface area contributed by atoms with E-state index in [2.05, 4.69) is 23.6 Å². The van der Waals surface area contributed by atoms with Crippen molar-refractivity contribution in [3.63, 3.8) is 0 Å². The predicted octanol–water partition coefficient (Wildman–Crippen LogP) is 1.83. The summed E-state index contributed by atoms with van der Waals surface area (Å²) >= 11 is 0. The maximum Gasteiger partial charge on any atom is 0.0628 e. The molecule has 0 aromatic carbocycles. The third-order valence-corrected chi connectivity index (χ3v) is 2.55. The Bertz CT molecular complexity index is 292. The second-order valence-corrected chi connectivity index (χ2v) is 3.70. The molecular formula is C11H20N2O. The molecule has 0 fully saturated rings. The van der Waals surface area contributed by atoms with E-state index < -0.39 is 0 Å². The fourth-order valence-electron chi connectivity index (χ4n) is 1.78. The smallest absolute Gasteiger partial charge is 0.0628 e. The first kappa shape index (κ1) is 11.2. The molecular weight excluding hydrogens is 176 g/mol. The van der Waals surface area contributed by atoms with Crippen LogP contribution in [0.15, 0.2) is 0 Å². The van der Waals surface area contributed by atoms with E-state index >= 15 is 0 Å². The van der Waals surface area contributed by atoms with Crippen molar-refractivity contribution >= 4 is 0 Å². The maximum atomic E-state index is 8.79. The van der Waals surface area contributed by atoms with Crippen LogP contribution in [0.5, 0.6) is 0 Å². The minimum Gasteiger partial charge on any atom is -0.396 e. The lowest BCUT2D eigenvalue weighted by atomic mass is 10.1. The standard InChI is InChI=1S/C11H20N2O/c1-4-7-13-10(3)11(6-5-8-14)9(2)12-13/h14H,4-8H2,1-3H3. The second-order valence-electron chi connectivity index (χ2n) is 3.70. The Hall–Kier alpha value is -0.830. The van der Waals surface area contributed by atoms with Gasteiger partial charge in [0.2, 0.25) is 0 Å². The highest BCUT2D eigenvalue weighted by molar-refractivity contribution is 5.24.